The summed E-state index contributed by atoms with van der Waals surface area (Å²) in [6, 6.07) is 6.01. The number of methoxy groups -OCH3 is 1. The van der Waals surface area contributed by atoms with E-state index in [1.54, 1.807) is 17.0 Å². The highest BCUT2D eigenvalue weighted by Crippen LogP contribution is 2.27. The fourth-order valence-corrected chi connectivity index (χ4v) is 2.91. The number of benzene rings is 1. The van der Waals surface area contributed by atoms with Crippen molar-refractivity contribution in [3.05, 3.63) is 35.8 Å². The van der Waals surface area contributed by atoms with Gasteiger partial charge in [0.25, 0.3) is 5.91 Å². The van der Waals surface area contributed by atoms with Crippen LogP contribution < -0.4 is 4.74 Å². The number of aromatic nitrogens is 1. The molecule has 1 atom stereocenters. The van der Waals surface area contributed by atoms with E-state index in [1.165, 1.54) is 19.2 Å². The third-order valence-electron chi connectivity index (χ3n) is 4.26. The van der Waals surface area contributed by atoms with Crippen LogP contribution in [-0.2, 0) is 0 Å². The van der Waals surface area contributed by atoms with Crippen LogP contribution in [0.25, 0.3) is 11.3 Å². The minimum Gasteiger partial charge on any atom is -0.497 e. The Hall–Kier alpha value is -2.41. The summed E-state index contributed by atoms with van der Waals surface area (Å²) >= 11 is 0. The molecule has 6 nitrogen and oxygen atoms in total. The van der Waals surface area contributed by atoms with E-state index in [9.17, 15) is 9.18 Å². The van der Waals surface area contributed by atoms with Crippen molar-refractivity contribution in [2.24, 2.45) is 0 Å². The van der Waals surface area contributed by atoms with Crippen LogP contribution in [-0.4, -0.2) is 60.7 Å². The Labute approximate surface area is 139 Å². The second kappa shape index (κ2) is 6.60. The van der Waals surface area contributed by atoms with Gasteiger partial charge >= 0.3 is 0 Å². The quantitative estimate of drug-likeness (QED) is 0.862. The lowest BCUT2D eigenvalue weighted by atomic mass is 10.1. The molecule has 0 radical (unpaired) electrons. The Kier molecular flexibility index (Phi) is 4.53. The SMILES string of the molecule is COc1ccc(-c2cc(C(=O)N3CCN(C)C[C@H]3C)no2)c(F)c1. The zero-order chi connectivity index (χ0) is 17.3. The maximum Gasteiger partial charge on any atom is 0.276 e. The molecule has 1 aromatic carbocycles. The van der Waals surface area contributed by atoms with Crippen LogP contribution >= 0.6 is 0 Å². The summed E-state index contributed by atoms with van der Waals surface area (Å²) in [4.78, 5) is 16.6. The largest absolute Gasteiger partial charge is 0.497 e. The molecule has 0 unspecified atom stereocenters. The molecule has 2 heterocycles. The zero-order valence-corrected chi connectivity index (χ0v) is 14.0. The van der Waals surface area contributed by atoms with Gasteiger partial charge in [0.15, 0.2) is 11.5 Å². The summed E-state index contributed by atoms with van der Waals surface area (Å²) in [5.41, 5.74) is 0.436. The summed E-state index contributed by atoms with van der Waals surface area (Å²) in [5.74, 6) is -0.0457. The molecule has 1 amide bonds. The van der Waals surface area contributed by atoms with Crippen molar-refractivity contribution in [3.63, 3.8) is 0 Å². The number of rotatable bonds is 3. The van der Waals surface area contributed by atoms with E-state index in [2.05, 4.69) is 10.1 Å². The summed E-state index contributed by atoms with van der Waals surface area (Å²) in [6.07, 6.45) is 0. The van der Waals surface area contributed by atoms with E-state index in [4.69, 9.17) is 9.26 Å². The molecule has 0 bridgehead atoms. The first-order valence-corrected chi connectivity index (χ1v) is 7.79. The lowest BCUT2D eigenvalue weighted by Gasteiger charge is -2.37. The molecular weight excluding hydrogens is 313 g/mol. The number of likely N-dealkylation sites (N-methyl/N-ethyl adjacent to an activating group) is 1. The molecular formula is C17H20FN3O3. The molecule has 0 spiro atoms. The summed E-state index contributed by atoms with van der Waals surface area (Å²) in [6.45, 7) is 4.25. The fraction of sp³-hybridized carbons (Fsp3) is 0.412. The van der Waals surface area contributed by atoms with Crippen molar-refractivity contribution < 1.29 is 18.4 Å². The Morgan fingerprint density at radius 1 is 1.38 bits per heavy atom. The zero-order valence-electron chi connectivity index (χ0n) is 14.0. The Morgan fingerprint density at radius 2 is 2.17 bits per heavy atom. The number of ether oxygens (including phenoxy) is 1. The lowest BCUT2D eigenvalue weighted by molar-refractivity contribution is 0.0523. The Morgan fingerprint density at radius 3 is 2.83 bits per heavy atom. The first kappa shape index (κ1) is 16.4. The topological polar surface area (TPSA) is 58.8 Å². The van der Waals surface area contributed by atoms with Crippen molar-refractivity contribution in [2.45, 2.75) is 13.0 Å². The highest BCUT2D eigenvalue weighted by atomic mass is 19.1. The van der Waals surface area contributed by atoms with Gasteiger partial charge in [-0.05, 0) is 26.1 Å². The molecule has 1 aromatic heterocycles. The minimum atomic E-state index is -0.488. The monoisotopic (exact) mass is 333 g/mol. The predicted molar refractivity (Wildman–Crippen MR) is 86.4 cm³/mol. The number of piperazine rings is 1. The van der Waals surface area contributed by atoms with Crippen molar-refractivity contribution in [2.75, 3.05) is 33.8 Å². The van der Waals surface area contributed by atoms with Crippen LogP contribution in [0.3, 0.4) is 0 Å². The van der Waals surface area contributed by atoms with Crippen LogP contribution in [0.1, 0.15) is 17.4 Å². The van der Waals surface area contributed by atoms with Gasteiger partial charge in [0.05, 0.1) is 12.7 Å². The fourth-order valence-electron chi connectivity index (χ4n) is 2.91. The second-order valence-electron chi connectivity index (χ2n) is 6.03. The highest BCUT2D eigenvalue weighted by molar-refractivity contribution is 5.93. The molecule has 3 rings (SSSR count). The van der Waals surface area contributed by atoms with Gasteiger partial charge in [-0.25, -0.2) is 4.39 Å². The van der Waals surface area contributed by atoms with Gasteiger partial charge in [0, 0.05) is 37.8 Å². The van der Waals surface area contributed by atoms with Gasteiger partial charge < -0.3 is 19.1 Å². The molecule has 1 saturated heterocycles. The van der Waals surface area contributed by atoms with Crippen LogP contribution in [0.5, 0.6) is 5.75 Å². The van der Waals surface area contributed by atoms with Crippen LogP contribution in [0, 0.1) is 5.82 Å². The normalized spacial score (nSPS) is 18.7. The molecule has 0 N–H and O–H groups in total. The third kappa shape index (κ3) is 3.12. The van der Waals surface area contributed by atoms with Crippen LogP contribution in [0.4, 0.5) is 4.39 Å². The molecule has 1 fully saturated rings. The molecule has 0 saturated carbocycles. The van der Waals surface area contributed by atoms with E-state index in [1.807, 2.05) is 14.0 Å². The molecule has 2 aromatic rings. The molecule has 1 aliphatic heterocycles. The van der Waals surface area contributed by atoms with Gasteiger partial charge in [0.1, 0.15) is 11.6 Å². The van der Waals surface area contributed by atoms with E-state index in [0.717, 1.165) is 13.1 Å². The van der Waals surface area contributed by atoms with Crippen molar-refractivity contribution in [3.8, 4) is 17.1 Å². The average molecular weight is 333 g/mol. The van der Waals surface area contributed by atoms with E-state index in [-0.39, 0.29) is 29.0 Å². The average Bonchev–Trinajstić information content (AvgIpc) is 3.03. The first-order chi connectivity index (χ1) is 11.5. The van der Waals surface area contributed by atoms with Crippen molar-refractivity contribution >= 4 is 5.91 Å². The Balaban J connectivity index is 1.81. The predicted octanol–water partition coefficient (Wildman–Crippen LogP) is 2.27. The number of hydrogen-bond donors (Lipinski definition) is 0. The maximum absolute atomic E-state index is 14.1. The van der Waals surface area contributed by atoms with Gasteiger partial charge in [-0.15, -0.1) is 0 Å². The number of nitrogens with zero attached hydrogens (tertiary/aromatic N) is 3. The van der Waals surface area contributed by atoms with Gasteiger partial charge in [-0.2, -0.15) is 0 Å². The second-order valence-corrected chi connectivity index (χ2v) is 6.03. The summed E-state index contributed by atoms with van der Waals surface area (Å²) in [7, 11) is 3.50. The van der Waals surface area contributed by atoms with Crippen molar-refractivity contribution in [1.82, 2.24) is 15.0 Å². The lowest BCUT2D eigenvalue weighted by Crippen LogP contribution is -2.52. The minimum absolute atomic E-state index is 0.0918. The first-order valence-electron chi connectivity index (χ1n) is 7.79. The number of carbonyl (C=O) groups is 1. The van der Waals surface area contributed by atoms with E-state index in [0.29, 0.717) is 12.3 Å². The third-order valence-corrected chi connectivity index (χ3v) is 4.26. The number of carbonyl (C=O) groups excluding carboxylic acids is 1. The molecule has 0 aliphatic carbocycles. The maximum atomic E-state index is 14.1. The smallest absolute Gasteiger partial charge is 0.276 e. The van der Waals surface area contributed by atoms with Gasteiger partial charge in [-0.1, -0.05) is 5.16 Å². The van der Waals surface area contributed by atoms with Crippen LogP contribution in [0.15, 0.2) is 28.8 Å². The molecule has 1 aliphatic rings. The van der Waals surface area contributed by atoms with E-state index < -0.39 is 5.82 Å². The number of amides is 1. The highest BCUT2D eigenvalue weighted by Gasteiger charge is 2.28. The number of hydrogen-bond acceptors (Lipinski definition) is 5. The van der Waals surface area contributed by atoms with Crippen LogP contribution in [0.2, 0.25) is 0 Å². The Bertz CT molecular complexity index is 746. The molecule has 24 heavy (non-hydrogen) atoms. The molecule has 128 valence electrons. The van der Waals surface area contributed by atoms with Crippen molar-refractivity contribution in [1.29, 1.82) is 0 Å². The standard InChI is InChI=1S/C17H20FN3O3/c1-11-10-20(2)6-7-21(11)17(22)15-9-16(24-19-15)13-5-4-12(23-3)8-14(13)18/h4-5,8-9,11H,6-7,10H2,1-3H3/t11-/m1/s1. The van der Waals surface area contributed by atoms with Gasteiger partial charge in [0.2, 0.25) is 0 Å². The summed E-state index contributed by atoms with van der Waals surface area (Å²) < 4.78 is 24.3. The molecule has 7 heteroatoms. The van der Waals surface area contributed by atoms with E-state index >= 15 is 0 Å². The summed E-state index contributed by atoms with van der Waals surface area (Å²) in [5, 5.41) is 3.83. The number of halogens is 1. The van der Waals surface area contributed by atoms with Gasteiger partial charge in [-0.3, -0.25) is 4.79 Å².